The zero-order valence-corrected chi connectivity index (χ0v) is 21.7. The van der Waals surface area contributed by atoms with Gasteiger partial charge in [-0.25, -0.2) is 19.8 Å². The number of thiazole rings is 1. The van der Waals surface area contributed by atoms with Gasteiger partial charge in [-0.15, -0.1) is 11.3 Å². The molecule has 10 nitrogen and oxygen atoms in total. The number of aryl methyl sites for hydroxylation is 2. The summed E-state index contributed by atoms with van der Waals surface area (Å²) in [7, 11) is 0. The van der Waals surface area contributed by atoms with Crippen molar-refractivity contribution >= 4 is 40.6 Å². The first-order valence-electron chi connectivity index (χ1n) is 11.9. The van der Waals surface area contributed by atoms with E-state index in [1.165, 1.54) is 16.3 Å². The molecule has 0 spiro atoms. The fourth-order valence-corrected chi connectivity index (χ4v) is 5.19. The molecule has 12 heteroatoms. The molecule has 1 unspecified atom stereocenters. The van der Waals surface area contributed by atoms with Crippen molar-refractivity contribution in [2.45, 2.75) is 45.6 Å². The number of carboxylic acid groups (broad SMARTS) is 1. The highest BCUT2D eigenvalue weighted by Gasteiger charge is 2.32. The Morgan fingerprint density at radius 3 is 2.70 bits per heavy atom. The Kier molecular flexibility index (Phi) is 7.81. The van der Waals surface area contributed by atoms with Gasteiger partial charge in [0.25, 0.3) is 5.56 Å². The van der Waals surface area contributed by atoms with Crippen molar-refractivity contribution in [3.05, 3.63) is 61.7 Å². The van der Waals surface area contributed by atoms with Gasteiger partial charge in [0.1, 0.15) is 17.5 Å². The van der Waals surface area contributed by atoms with E-state index >= 15 is 0 Å². The van der Waals surface area contributed by atoms with Gasteiger partial charge in [0.15, 0.2) is 5.78 Å². The van der Waals surface area contributed by atoms with Crippen LogP contribution in [0.25, 0.3) is 11.7 Å². The lowest BCUT2D eigenvalue weighted by atomic mass is 10.1. The van der Waals surface area contributed by atoms with Crippen LogP contribution in [0.3, 0.4) is 0 Å². The van der Waals surface area contributed by atoms with Gasteiger partial charge in [-0.3, -0.25) is 19.8 Å². The molecule has 3 N–H and O–H groups in total. The molecule has 4 heterocycles. The normalized spacial score (nSPS) is 17.1. The standard InChI is InChI=1S/C25H29FN6O4S/c1-14(2)19-13-37-22(28-19)5-4-16-6-7-32-21(10-16)29-23(17(24(32)34)11-18(26)25(35)36)31-9-8-30(27)12-20(31)15(3)33/h6-7,10-11,13-14,20H,4-5,8-9,12,27H2,1-3H3,(H,35,36)/b18-11-. The molecule has 1 saturated heterocycles. The van der Waals surface area contributed by atoms with E-state index in [1.807, 2.05) is 0 Å². The average molecular weight is 529 g/mol. The molecule has 1 aliphatic rings. The summed E-state index contributed by atoms with van der Waals surface area (Å²) in [5.74, 6) is 2.81. The Hall–Kier alpha value is -3.48. The average Bonchev–Trinajstić information content (AvgIpc) is 3.33. The van der Waals surface area contributed by atoms with Gasteiger partial charge in [0, 0.05) is 37.6 Å². The van der Waals surface area contributed by atoms with Crippen LogP contribution in [0.2, 0.25) is 0 Å². The Labute approximate surface area is 216 Å². The first-order chi connectivity index (χ1) is 17.5. The molecule has 0 amide bonds. The van der Waals surface area contributed by atoms with Crippen LogP contribution in [0.4, 0.5) is 10.2 Å². The van der Waals surface area contributed by atoms with E-state index in [0.717, 1.165) is 22.7 Å². The summed E-state index contributed by atoms with van der Waals surface area (Å²) < 4.78 is 15.4. The Bertz CT molecular complexity index is 1430. The minimum absolute atomic E-state index is 0.0494. The molecule has 196 valence electrons. The summed E-state index contributed by atoms with van der Waals surface area (Å²) >= 11 is 1.61. The van der Waals surface area contributed by atoms with Gasteiger partial charge < -0.3 is 10.0 Å². The third-order valence-corrected chi connectivity index (χ3v) is 7.25. The third-order valence-electron chi connectivity index (χ3n) is 6.33. The van der Waals surface area contributed by atoms with Gasteiger partial charge in [-0.05, 0) is 43.0 Å². The monoisotopic (exact) mass is 528 g/mol. The lowest BCUT2D eigenvalue weighted by Gasteiger charge is -2.39. The molecule has 0 saturated carbocycles. The Morgan fingerprint density at radius 1 is 1.30 bits per heavy atom. The zero-order chi connectivity index (χ0) is 26.9. The molecule has 4 rings (SSSR count). The number of halogens is 1. The summed E-state index contributed by atoms with van der Waals surface area (Å²) in [6.45, 7) is 6.41. The van der Waals surface area contributed by atoms with Gasteiger partial charge in [-0.1, -0.05) is 13.8 Å². The Balaban J connectivity index is 1.77. The lowest BCUT2D eigenvalue weighted by Crippen LogP contribution is -2.58. The minimum atomic E-state index is -1.80. The second-order valence-corrected chi connectivity index (χ2v) is 10.3. The van der Waals surface area contributed by atoms with Crippen molar-refractivity contribution in [1.29, 1.82) is 0 Å². The van der Waals surface area contributed by atoms with E-state index in [0.29, 0.717) is 30.6 Å². The first-order valence-corrected chi connectivity index (χ1v) is 12.8. The van der Waals surface area contributed by atoms with Crippen LogP contribution in [0.1, 0.15) is 48.5 Å². The second kappa shape index (κ2) is 10.9. The van der Waals surface area contributed by atoms with E-state index < -0.39 is 23.4 Å². The van der Waals surface area contributed by atoms with Crippen molar-refractivity contribution in [3.63, 3.8) is 0 Å². The number of hydrazine groups is 1. The fraction of sp³-hybridized carbons (Fsp3) is 0.400. The van der Waals surface area contributed by atoms with Crippen molar-refractivity contribution in [2.24, 2.45) is 5.84 Å². The van der Waals surface area contributed by atoms with Crippen LogP contribution in [0.15, 0.2) is 34.3 Å². The van der Waals surface area contributed by atoms with Crippen molar-refractivity contribution < 1.29 is 19.1 Å². The molecule has 0 bridgehead atoms. The number of nitrogens with zero attached hydrogens (tertiary/aromatic N) is 5. The number of carbonyl (C=O) groups is 2. The molecule has 0 aromatic carbocycles. The van der Waals surface area contributed by atoms with Crippen LogP contribution in [-0.2, 0) is 22.4 Å². The molecule has 0 radical (unpaired) electrons. The second-order valence-electron chi connectivity index (χ2n) is 9.35. The molecular formula is C25H29FN6O4S. The lowest BCUT2D eigenvalue weighted by molar-refractivity contribution is -0.134. The molecule has 0 aliphatic carbocycles. The maximum absolute atomic E-state index is 14.2. The minimum Gasteiger partial charge on any atom is -0.476 e. The van der Waals surface area contributed by atoms with E-state index in [2.05, 4.69) is 29.2 Å². The number of nitrogens with two attached hydrogens (primary N) is 1. The number of ketones is 1. The smallest absolute Gasteiger partial charge is 0.364 e. The number of hydrogen-bond acceptors (Lipinski definition) is 9. The number of Topliss-reactive ketones (excluding diaryl/α,β-unsaturated/α-hetero) is 1. The third kappa shape index (κ3) is 5.76. The molecule has 1 aliphatic heterocycles. The number of rotatable bonds is 8. The molecule has 3 aromatic heterocycles. The van der Waals surface area contributed by atoms with Gasteiger partial charge in [-0.2, -0.15) is 4.39 Å². The van der Waals surface area contributed by atoms with E-state index in [1.54, 1.807) is 34.6 Å². The van der Waals surface area contributed by atoms with Gasteiger partial charge in [0.05, 0.1) is 16.3 Å². The van der Waals surface area contributed by atoms with Crippen LogP contribution in [0, 0.1) is 0 Å². The number of carbonyl (C=O) groups excluding carboxylic acids is 1. The summed E-state index contributed by atoms with van der Waals surface area (Å²) in [6.07, 6.45) is 3.60. The highest BCUT2D eigenvalue weighted by atomic mass is 32.1. The topological polar surface area (TPSA) is 134 Å². The summed E-state index contributed by atoms with van der Waals surface area (Å²) in [5, 5.41) is 13.6. The van der Waals surface area contributed by atoms with E-state index in [4.69, 9.17) is 10.9 Å². The molecule has 1 atom stereocenters. The number of aromatic nitrogens is 3. The number of piperazine rings is 1. The number of fused-ring (bicyclic) bond motifs is 1. The number of hydrogen-bond donors (Lipinski definition) is 2. The van der Waals surface area contributed by atoms with Crippen LogP contribution in [-0.4, -0.2) is 61.9 Å². The SMILES string of the molecule is CC(=O)C1CN(N)CCN1c1nc2cc(CCc3nc(C(C)C)cs3)ccn2c(=O)c1/C=C(\F)C(=O)O. The maximum atomic E-state index is 14.2. The first kappa shape index (κ1) is 26.6. The highest BCUT2D eigenvalue weighted by molar-refractivity contribution is 7.09. The van der Waals surface area contributed by atoms with Crippen molar-refractivity contribution in [2.75, 3.05) is 24.5 Å². The molecular weight excluding hydrogens is 499 g/mol. The van der Waals surface area contributed by atoms with Crippen molar-refractivity contribution in [1.82, 2.24) is 19.4 Å². The fourth-order valence-electron chi connectivity index (χ4n) is 4.23. The summed E-state index contributed by atoms with van der Waals surface area (Å²) in [4.78, 5) is 47.9. The summed E-state index contributed by atoms with van der Waals surface area (Å²) in [6, 6.07) is 2.82. The van der Waals surface area contributed by atoms with E-state index in [-0.39, 0.29) is 30.3 Å². The quantitative estimate of drug-likeness (QED) is 0.334. The summed E-state index contributed by atoms with van der Waals surface area (Å²) in [5.41, 5.74) is 1.41. The van der Waals surface area contributed by atoms with Gasteiger partial charge in [0.2, 0.25) is 5.83 Å². The number of pyridine rings is 1. The molecule has 37 heavy (non-hydrogen) atoms. The number of aliphatic carboxylic acids is 1. The zero-order valence-electron chi connectivity index (χ0n) is 20.8. The number of anilines is 1. The predicted molar refractivity (Wildman–Crippen MR) is 139 cm³/mol. The van der Waals surface area contributed by atoms with Crippen LogP contribution < -0.4 is 16.3 Å². The van der Waals surface area contributed by atoms with Crippen molar-refractivity contribution in [3.8, 4) is 0 Å². The maximum Gasteiger partial charge on any atom is 0.364 e. The van der Waals surface area contributed by atoms with Crippen LogP contribution in [0.5, 0.6) is 0 Å². The van der Waals surface area contributed by atoms with Gasteiger partial charge >= 0.3 is 5.97 Å². The predicted octanol–water partition coefficient (Wildman–Crippen LogP) is 2.41. The van der Waals surface area contributed by atoms with E-state index in [9.17, 15) is 18.8 Å². The largest absolute Gasteiger partial charge is 0.476 e. The molecule has 1 fully saturated rings. The number of carboxylic acids is 1. The highest BCUT2D eigenvalue weighted by Crippen LogP contribution is 2.25. The van der Waals surface area contributed by atoms with Crippen LogP contribution >= 0.6 is 11.3 Å². The Morgan fingerprint density at radius 2 is 2.05 bits per heavy atom. The molecule has 3 aromatic rings.